The maximum absolute atomic E-state index is 13.7. The summed E-state index contributed by atoms with van der Waals surface area (Å²) in [4.78, 5) is 34.6. The van der Waals surface area contributed by atoms with Crippen LogP contribution in [0, 0.1) is 0 Å². The van der Waals surface area contributed by atoms with Crippen LogP contribution in [0.25, 0.3) is 16.9 Å². The lowest BCUT2D eigenvalue weighted by Gasteiger charge is -2.46. The molecule has 1 aromatic carbocycles. The van der Waals surface area contributed by atoms with Gasteiger partial charge in [0.1, 0.15) is 11.4 Å². The van der Waals surface area contributed by atoms with Crippen LogP contribution < -0.4 is 0 Å². The summed E-state index contributed by atoms with van der Waals surface area (Å²) < 4.78 is 40.7. The van der Waals surface area contributed by atoms with Gasteiger partial charge in [-0.2, -0.15) is 23.4 Å². The van der Waals surface area contributed by atoms with E-state index in [2.05, 4.69) is 20.3 Å². The van der Waals surface area contributed by atoms with Gasteiger partial charge >= 0.3 is 6.18 Å². The molecule has 0 saturated carbocycles. The molecule has 2 amide bonds. The molecule has 1 aliphatic rings. The summed E-state index contributed by atoms with van der Waals surface area (Å²) in [6.07, 6.45) is -1.36. The number of nitrogens with zero attached hydrogens (tertiary/aromatic N) is 6. The van der Waals surface area contributed by atoms with Crippen molar-refractivity contribution in [2.75, 3.05) is 19.6 Å². The number of hydrogen-bond donors (Lipinski definition) is 1. The quantitative estimate of drug-likeness (QED) is 0.393. The van der Waals surface area contributed by atoms with E-state index in [1.807, 2.05) is 40.7 Å². The van der Waals surface area contributed by atoms with Crippen LogP contribution in [-0.4, -0.2) is 71.6 Å². The minimum absolute atomic E-state index is 0.180. The zero-order valence-corrected chi connectivity index (χ0v) is 22.9. The molecule has 0 bridgehead atoms. The Morgan fingerprint density at radius 3 is 2.27 bits per heavy atom. The Bertz CT molecular complexity index is 1570. The van der Waals surface area contributed by atoms with Gasteiger partial charge in [-0.3, -0.25) is 14.7 Å². The van der Waals surface area contributed by atoms with E-state index >= 15 is 0 Å². The number of H-pyrrole nitrogens is 1. The summed E-state index contributed by atoms with van der Waals surface area (Å²) in [5.74, 6) is -0.472. The van der Waals surface area contributed by atoms with Crippen LogP contribution in [0.4, 0.5) is 13.2 Å². The van der Waals surface area contributed by atoms with Crippen molar-refractivity contribution in [3.05, 3.63) is 71.3 Å². The first kappa shape index (κ1) is 27.4. The van der Waals surface area contributed by atoms with Gasteiger partial charge in [0, 0.05) is 37.0 Å². The average molecular weight is 554 g/mol. The predicted molar refractivity (Wildman–Crippen MR) is 142 cm³/mol. The average Bonchev–Trinajstić information content (AvgIpc) is 3.56. The molecule has 9 nitrogen and oxygen atoms in total. The van der Waals surface area contributed by atoms with Gasteiger partial charge in [0.15, 0.2) is 5.65 Å². The van der Waals surface area contributed by atoms with Gasteiger partial charge in [0.2, 0.25) is 0 Å². The second-order valence-electron chi connectivity index (χ2n) is 11.6. The van der Waals surface area contributed by atoms with Crippen molar-refractivity contribution in [3.63, 3.8) is 0 Å². The summed E-state index contributed by atoms with van der Waals surface area (Å²) in [6, 6.07) is 8.25. The molecule has 0 atom stereocenters. The highest BCUT2D eigenvalue weighted by atomic mass is 19.4. The van der Waals surface area contributed by atoms with Crippen LogP contribution in [0.5, 0.6) is 0 Å². The minimum Gasteiger partial charge on any atom is -0.333 e. The Morgan fingerprint density at radius 2 is 1.70 bits per heavy atom. The van der Waals surface area contributed by atoms with E-state index in [1.165, 1.54) is 22.8 Å². The number of fused-ring (bicyclic) bond motifs is 1. The van der Waals surface area contributed by atoms with Crippen molar-refractivity contribution in [1.82, 2.24) is 34.6 Å². The molecular formula is C28H30F3N7O2. The van der Waals surface area contributed by atoms with Crippen LogP contribution in [-0.2, 0) is 11.6 Å². The van der Waals surface area contributed by atoms with Crippen molar-refractivity contribution < 1.29 is 22.8 Å². The SMILES string of the molecule is CC(C)(C)c1cc(-c2ccc(C(F)(F)F)cc2)nn2cc(C(=O)N3CCN(C(=O)c4ccn[nH]4)CC3(C)C)nc12. The Labute approximate surface area is 229 Å². The number of nitrogens with one attached hydrogen (secondary N) is 1. The lowest BCUT2D eigenvalue weighted by molar-refractivity contribution is -0.137. The second-order valence-corrected chi connectivity index (χ2v) is 11.6. The molecule has 1 N–H and O–H groups in total. The van der Waals surface area contributed by atoms with Gasteiger partial charge < -0.3 is 9.80 Å². The molecule has 0 radical (unpaired) electrons. The van der Waals surface area contributed by atoms with E-state index < -0.39 is 22.7 Å². The maximum Gasteiger partial charge on any atom is 0.416 e. The van der Waals surface area contributed by atoms with E-state index in [1.54, 1.807) is 22.1 Å². The van der Waals surface area contributed by atoms with Gasteiger partial charge in [-0.15, -0.1) is 0 Å². The van der Waals surface area contributed by atoms with Crippen molar-refractivity contribution >= 4 is 17.5 Å². The summed E-state index contributed by atoms with van der Waals surface area (Å²) in [7, 11) is 0. The molecule has 0 unspecified atom stereocenters. The van der Waals surface area contributed by atoms with E-state index in [0.29, 0.717) is 42.2 Å². The Kier molecular flexibility index (Phi) is 6.47. The molecule has 210 valence electrons. The Hall–Kier alpha value is -4.22. The minimum atomic E-state index is -4.43. The van der Waals surface area contributed by atoms with Crippen molar-refractivity contribution in [3.8, 4) is 11.3 Å². The monoisotopic (exact) mass is 553 g/mol. The number of halogens is 3. The number of piperazine rings is 1. The van der Waals surface area contributed by atoms with E-state index in [4.69, 9.17) is 0 Å². The number of rotatable bonds is 3. The standard InChI is InChI=1S/C28H30F3N7O2/c1-26(2,3)19-14-21(17-6-8-18(9-7-17)28(29,30)31)35-38-15-22(33-23(19)38)25(40)37-13-12-36(16-27(37,4)5)24(39)20-10-11-32-34-20/h6-11,14-15H,12-13,16H2,1-5H3,(H,32,34). The summed E-state index contributed by atoms with van der Waals surface area (Å²) in [5, 5.41) is 11.1. The van der Waals surface area contributed by atoms with Crippen LogP contribution in [0.2, 0.25) is 0 Å². The van der Waals surface area contributed by atoms with Crippen LogP contribution in [0.15, 0.2) is 48.8 Å². The molecule has 3 aromatic heterocycles. The third-order valence-corrected chi connectivity index (χ3v) is 7.13. The van der Waals surface area contributed by atoms with Crippen LogP contribution in [0.3, 0.4) is 0 Å². The lowest BCUT2D eigenvalue weighted by atomic mass is 9.87. The first-order valence-corrected chi connectivity index (χ1v) is 12.8. The number of imidazole rings is 1. The first-order chi connectivity index (χ1) is 18.6. The second kappa shape index (κ2) is 9.46. The third kappa shape index (κ3) is 5.05. The fourth-order valence-corrected chi connectivity index (χ4v) is 4.99. The zero-order valence-electron chi connectivity index (χ0n) is 22.9. The number of alkyl halides is 3. The lowest BCUT2D eigenvalue weighted by Crippen LogP contribution is -2.62. The normalized spacial score (nSPS) is 16.0. The van der Waals surface area contributed by atoms with Gasteiger partial charge in [-0.25, -0.2) is 9.50 Å². The van der Waals surface area contributed by atoms with Gasteiger partial charge in [0.05, 0.1) is 23.0 Å². The Morgan fingerprint density at radius 1 is 1.00 bits per heavy atom. The third-order valence-electron chi connectivity index (χ3n) is 7.13. The smallest absolute Gasteiger partial charge is 0.333 e. The van der Waals surface area contributed by atoms with Crippen molar-refractivity contribution in [2.45, 2.75) is 51.7 Å². The fraction of sp³-hybridized carbons (Fsp3) is 0.393. The number of aromatic nitrogens is 5. The number of aromatic amines is 1. The highest BCUT2D eigenvalue weighted by molar-refractivity contribution is 5.95. The molecule has 4 aromatic rings. The predicted octanol–water partition coefficient (Wildman–Crippen LogP) is 4.81. The molecule has 40 heavy (non-hydrogen) atoms. The first-order valence-electron chi connectivity index (χ1n) is 12.8. The summed E-state index contributed by atoms with van der Waals surface area (Å²) >= 11 is 0. The Balaban J connectivity index is 1.47. The van der Waals surface area contributed by atoms with Crippen molar-refractivity contribution in [1.29, 1.82) is 0 Å². The molecule has 1 saturated heterocycles. The van der Waals surface area contributed by atoms with Gasteiger partial charge in [-0.05, 0) is 43.5 Å². The molecular weight excluding hydrogens is 523 g/mol. The number of carbonyl (C=O) groups is 2. The molecule has 0 aliphatic carbocycles. The van der Waals surface area contributed by atoms with Crippen molar-refractivity contribution in [2.24, 2.45) is 0 Å². The molecule has 5 rings (SSSR count). The number of carbonyl (C=O) groups excluding carboxylic acids is 2. The van der Waals surface area contributed by atoms with E-state index in [-0.39, 0.29) is 17.5 Å². The van der Waals surface area contributed by atoms with E-state index in [9.17, 15) is 22.8 Å². The molecule has 4 heterocycles. The molecule has 1 aliphatic heterocycles. The molecule has 1 fully saturated rings. The largest absolute Gasteiger partial charge is 0.416 e. The van der Waals surface area contributed by atoms with Gasteiger partial charge in [-0.1, -0.05) is 32.9 Å². The number of amides is 2. The number of benzene rings is 1. The zero-order chi connectivity index (χ0) is 29.0. The summed E-state index contributed by atoms with van der Waals surface area (Å²) in [6.45, 7) is 10.8. The fourth-order valence-electron chi connectivity index (χ4n) is 4.99. The molecule has 0 spiro atoms. The summed E-state index contributed by atoms with van der Waals surface area (Å²) in [5.41, 5.74) is 1.06. The maximum atomic E-state index is 13.7. The van der Waals surface area contributed by atoms with Gasteiger partial charge in [0.25, 0.3) is 11.8 Å². The van der Waals surface area contributed by atoms with Crippen LogP contribution in [0.1, 0.15) is 66.7 Å². The number of hydrogen-bond acceptors (Lipinski definition) is 5. The topological polar surface area (TPSA) is 99.5 Å². The highest BCUT2D eigenvalue weighted by Gasteiger charge is 2.40. The van der Waals surface area contributed by atoms with Crippen LogP contribution >= 0.6 is 0 Å². The van der Waals surface area contributed by atoms with E-state index in [0.717, 1.165) is 17.7 Å². The highest BCUT2D eigenvalue weighted by Crippen LogP contribution is 2.33. The molecule has 12 heteroatoms.